The molecule has 0 aliphatic carbocycles. The molecule has 0 aliphatic rings. The molecule has 3 heteroatoms. The van der Waals surface area contributed by atoms with Gasteiger partial charge in [0.1, 0.15) is 11.2 Å². The summed E-state index contributed by atoms with van der Waals surface area (Å²) in [4.78, 5) is 4.43. The maximum atomic E-state index is 4.62. The first-order chi connectivity index (χ1) is 8.40. The molecular formula is C14H12N3. The molecule has 0 saturated carbocycles. The smallest absolute Gasteiger partial charge is 0.119 e. The van der Waals surface area contributed by atoms with Crippen LogP contribution < -0.4 is 0 Å². The number of nitrogens with zero attached hydrogens (tertiary/aromatic N) is 3. The number of fused-ring (bicyclic) bond motifs is 1. The summed E-state index contributed by atoms with van der Waals surface area (Å²) >= 11 is 0. The molecule has 83 valence electrons. The maximum absolute atomic E-state index is 4.62. The third kappa shape index (κ3) is 1.60. The summed E-state index contributed by atoms with van der Waals surface area (Å²) in [5.41, 5.74) is 4.06. The first-order valence-corrected chi connectivity index (χ1v) is 5.68. The lowest BCUT2D eigenvalue weighted by atomic mass is 10.1. The highest BCUT2D eigenvalue weighted by molar-refractivity contribution is 5.89. The quantitative estimate of drug-likeness (QED) is 0.667. The van der Waals surface area contributed by atoms with E-state index < -0.39 is 0 Å². The number of aryl methyl sites for hydroxylation is 1. The summed E-state index contributed by atoms with van der Waals surface area (Å²) in [5, 5.41) is 4.62. The zero-order valence-corrected chi connectivity index (χ0v) is 9.59. The van der Waals surface area contributed by atoms with E-state index in [9.17, 15) is 0 Å². The molecule has 1 radical (unpaired) electrons. The minimum atomic E-state index is 0.848. The zero-order chi connectivity index (χ0) is 11.7. The normalized spacial score (nSPS) is 10.9. The van der Waals surface area contributed by atoms with Crippen LogP contribution in [-0.2, 0) is 6.54 Å². The molecule has 0 amide bonds. The summed E-state index contributed by atoms with van der Waals surface area (Å²) in [7, 11) is 0. The molecule has 0 spiro atoms. The molecule has 0 N–H and O–H groups in total. The number of aromatic nitrogens is 3. The average Bonchev–Trinajstić information content (AvgIpc) is 2.78. The van der Waals surface area contributed by atoms with Crippen LogP contribution in [0.2, 0.25) is 0 Å². The summed E-state index contributed by atoms with van der Waals surface area (Å²) in [5.74, 6) is 0. The Balaban J connectivity index is 2.31. The van der Waals surface area contributed by atoms with E-state index in [1.807, 2.05) is 41.2 Å². The Kier molecular flexibility index (Phi) is 2.37. The van der Waals surface area contributed by atoms with Gasteiger partial charge in [0, 0.05) is 18.3 Å². The van der Waals surface area contributed by atoms with Crippen molar-refractivity contribution in [1.82, 2.24) is 14.8 Å². The summed E-state index contributed by atoms with van der Waals surface area (Å²) in [6.07, 6.45) is 1.81. The molecule has 1 aromatic carbocycles. The van der Waals surface area contributed by atoms with Gasteiger partial charge < -0.3 is 0 Å². The molecule has 2 aromatic heterocycles. The van der Waals surface area contributed by atoms with E-state index in [2.05, 4.69) is 29.1 Å². The monoisotopic (exact) mass is 222 g/mol. The standard InChI is InChI=1S/C14H12N3/c1-2-17-12-9-6-10-15-14(12)13(16-17)11-7-4-3-5-8-11/h4-10H,2H2,1H3. The molecule has 0 unspecified atom stereocenters. The summed E-state index contributed by atoms with van der Waals surface area (Å²) < 4.78 is 1.98. The van der Waals surface area contributed by atoms with Crippen LogP contribution in [-0.4, -0.2) is 14.8 Å². The van der Waals surface area contributed by atoms with Crippen LogP contribution in [0.5, 0.6) is 0 Å². The fraction of sp³-hybridized carbons (Fsp3) is 0.143. The average molecular weight is 222 g/mol. The van der Waals surface area contributed by atoms with E-state index in [4.69, 9.17) is 0 Å². The summed E-state index contributed by atoms with van der Waals surface area (Å²) in [6, 6.07) is 14.8. The van der Waals surface area contributed by atoms with Crippen LogP contribution in [0.3, 0.4) is 0 Å². The Labute approximate surface area is 99.7 Å². The molecule has 17 heavy (non-hydrogen) atoms. The molecule has 0 fully saturated rings. The third-order valence-corrected chi connectivity index (χ3v) is 2.80. The van der Waals surface area contributed by atoms with Gasteiger partial charge in [0.25, 0.3) is 0 Å². The highest BCUT2D eigenvalue weighted by Crippen LogP contribution is 2.25. The van der Waals surface area contributed by atoms with Crippen LogP contribution in [0.25, 0.3) is 22.3 Å². The van der Waals surface area contributed by atoms with Gasteiger partial charge in [-0.15, -0.1) is 0 Å². The van der Waals surface area contributed by atoms with E-state index >= 15 is 0 Å². The maximum Gasteiger partial charge on any atom is 0.119 e. The van der Waals surface area contributed by atoms with E-state index in [0.717, 1.165) is 28.8 Å². The topological polar surface area (TPSA) is 30.7 Å². The van der Waals surface area contributed by atoms with Crippen molar-refractivity contribution in [2.24, 2.45) is 0 Å². The van der Waals surface area contributed by atoms with Gasteiger partial charge in [-0.05, 0) is 25.1 Å². The van der Waals surface area contributed by atoms with Gasteiger partial charge in [0.05, 0.1) is 5.52 Å². The van der Waals surface area contributed by atoms with Crippen molar-refractivity contribution in [3.05, 3.63) is 48.7 Å². The Morgan fingerprint density at radius 3 is 2.82 bits per heavy atom. The highest BCUT2D eigenvalue weighted by atomic mass is 15.3. The van der Waals surface area contributed by atoms with Crippen molar-refractivity contribution in [3.8, 4) is 11.3 Å². The van der Waals surface area contributed by atoms with Crippen molar-refractivity contribution in [3.63, 3.8) is 0 Å². The Morgan fingerprint density at radius 1 is 1.24 bits per heavy atom. The van der Waals surface area contributed by atoms with Gasteiger partial charge in [-0.1, -0.05) is 24.3 Å². The first kappa shape index (κ1) is 10.0. The molecule has 0 saturated heterocycles. The molecule has 0 atom stereocenters. The van der Waals surface area contributed by atoms with Crippen molar-refractivity contribution < 1.29 is 0 Å². The van der Waals surface area contributed by atoms with E-state index in [1.54, 1.807) is 0 Å². The lowest BCUT2D eigenvalue weighted by Crippen LogP contribution is -1.95. The van der Waals surface area contributed by atoms with Crippen LogP contribution >= 0.6 is 0 Å². The minimum absolute atomic E-state index is 0.848. The van der Waals surface area contributed by atoms with Crippen LogP contribution in [0.15, 0.2) is 42.6 Å². The van der Waals surface area contributed by atoms with Crippen LogP contribution in [0.1, 0.15) is 6.92 Å². The Morgan fingerprint density at radius 2 is 2.06 bits per heavy atom. The Hall–Kier alpha value is -2.16. The minimum Gasteiger partial charge on any atom is -0.263 e. The van der Waals surface area contributed by atoms with Gasteiger partial charge in [-0.2, -0.15) is 5.10 Å². The molecule has 3 nitrogen and oxygen atoms in total. The van der Waals surface area contributed by atoms with Gasteiger partial charge in [0.15, 0.2) is 0 Å². The summed E-state index contributed by atoms with van der Waals surface area (Å²) in [6.45, 7) is 2.93. The molecule has 3 rings (SSSR count). The largest absolute Gasteiger partial charge is 0.263 e. The lowest BCUT2D eigenvalue weighted by Gasteiger charge is -1.95. The number of rotatable bonds is 2. The highest BCUT2D eigenvalue weighted by Gasteiger charge is 2.11. The SMILES string of the molecule is CCn1nc(-c2cc[c]cc2)c2ncccc21. The fourth-order valence-electron chi connectivity index (χ4n) is 1.99. The number of benzene rings is 1. The van der Waals surface area contributed by atoms with Crippen molar-refractivity contribution >= 4 is 11.0 Å². The predicted octanol–water partition coefficient (Wildman–Crippen LogP) is 2.92. The number of hydrogen-bond acceptors (Lipinski definition) is 2. The molecule has 2 heterocycles. The number of pyridine rings is 1. The van der Waals surface area contributed by atoms with E-state index in [1.165, 1.54) is 0 Å². The second-order valence-corrected chi connectivity index (χ2v) is 3.82. The van der Waals surface area contributed by atoms with Gasteiger partial charge >= 0.3 is 0 Å². The van der Waals surface area contributed by atoms with Crippen LogP contribution in [0.4, 0.5) is 0 Å². The van der Waals surface area contributed by atoms with Crippen molar-refractivity contribution in [2.75, 3.05) is 0 Å². The van der Waals surface area contributed by atoms with Crippen LogP contribution in [0, 0.1) is 6.07 Å². The number of hydrogen-bond donors (Lipinski definition) is 0. The zero-order valence-electron chi connectivity index (χ0n) is 9.59. The molecular weight excluding hydrogens is 210 g/mol. The van der Waals surface area contributed by atoms with Gasteiger partial charge in [-0.3, -0.25) is 9.67 Å². The lowest BCUT2D eigenvalue weighted by molar-refractivity contribution is 0.686. The molecule has 3 aromatic rings. The molecule has 0 aliphatic heterocycles. The second-order valence-electron chi connectivity index (χ2n) is 3.82. The van der Waals surface area contributed by atoms with E-state index in [0.29, 0.717) is 0 Å². The van der Waals surface area contributed by atoms with Gasteiger partial charge in [-0.25, -0.2) is 0 Å². The first-order valence-electron chi connectivity index (χ1n) is 5.68. The Bertz CT molecular complexity index is 641. The fourth-order valence-corrected chi connectivity index (χ4v) is 1.99. The second kappa shape index (κ2) is 4.01. The van der Waals surface area contributed by atoms with Crippen molar-refractivity contribution in [1.29, 1.82) is 0 Å². The van der Waals surface area contributed by atoms with Gasteiger partial charge in [0.2, 0.25) is 0 Å². The van der Waals surface area contributed by atoms with Crippen molar-refractivity contribution in [2.45, 2.75) is 13.5 Å². The molecule has 0 bridgehead atoms. The third-order valence-electron chi connectivity index (χ3n) is 2.80. The predicted molar refractivity (Wildman–Crippen MR) is 67.5 cm³/mol. The van der Waals surface area contributed by atoms with E-state index in [-0.39, 0.29) is 0 Å².